The van der Waals surface area contributed by atoms with Crippen LogP contribution in [0.15, 0.2) is 30.9 Å². The Balaban J connectivity index is 2.74. The van der Waals surface area contributed by atoms with Gasteiger partial charge in [0.25, 0.3) is 0 Å². The highest BCUT2D eigenvalue weighted by Gasteiger charge is 2.11. The van der Waals surface area contributed by atoms with E-state index < -0.39 is 0 Å². The zero-order valence-electron chi connectivity index (χ0n) is 9.47. The van der Waals surface area contributed by atoms with E-state index >= 15 is 0 Å². The first kappa shape index (κ1) is 13.6. The van der Waals surface area contributed by atoms with Gasteiger partial charge in [0.2, 0.25) is 0 Å². The van der Waals surface area contributed by atoms with Crippen LogP contribution in [0.5, 0.6) is 0 Å². The average molecular weight is 258 g/mol. The summed E-state index contributed by atoms with van der Waals surface area (Å²) < 4.78 is 0. The molecule has 1 atom stereocenters. The van der Waals surface area contributed by atoms with Crippen molar-refractivity contribution >= 4 is 23.2 Å². The van der Waals surface area contributed by atoms with Crippen molar-refractivity contribution in [3.63, 3.8) is 0 Å². The topological polar surface area (TPSA) is 12.0 Å². The van der Waals surface area contributed by atoms with Crippen LogP contribution in [-0.2, 0) is 0 Å². The Bertz CT molecular complexity index is 350. The third-order valence-electron chi connectivity index (χ3n) is 2.49. The summed E-state index contributed by atoms with van der Waals surface area (Å²) in [4.78, 5) is 0. The van der Waals surface area contributed by atoms with Gasteiger partial charge in [-0.3, -0.25) is 0 Å². The van der Waals surface area contributed by atoms with E-state index in [-0.39, 0.29) is 6.04 Å². The number of hydrogen-bond donors (Lipinski definition) is 1. The summed E-state index contributed by atoms with van der Waals surface area (Å²) >= 11 is 12.0. The third-order valence-corrected chi connectivity index (χ3v) is 3.05. The zero-order valence-corrected chi connectivity index (χ0v) is 11.0. The summed E-state index contributed by atoms with van der Waals surface area (Å²) in [6, 6.07) is 5.93. The van der Waals surface area contributed by atoms with Crippen molar-refractivity contribution in [1.29, 1.82) is 0 Å². The number of halogens is 2. The zero-order chi connectivity index (χ0) is 12.0. The van der Waals surface area contributed by atoms with Crippen LogP contribution in [0.3, 0.4) is 0 Å². The highest BCUT2D eigenvalue weighted by atomic mass is 35.5. The molecule has 3 heteroatoms. The standard InChI is InChI=1S/C13H17Cl2N/c1-3-5-8-16-13(4-2)11-7-6-10(14)9-12(11)15/h3,6-7,9,13,16H,1,4-5,8H2,2H3. The molecule has 0 amide bonds. The largest absolute Gasteiger partial charge is 0.310 e. The monoisotopic (exact) mass is 257 g/mol. The second-order valence-corrected chi connectivity index (χ2v) is 4.50. The molecule has 1 aromatic rings. The van der Waals surface area contributed by atoms with Gasteiger partial charge in [-0.2, -0.15) is 0 Å². The van der Waals surface area contributed by atoms with E-state index in [1.165, 1.54) is 0 Å². The second kappa shape index (κ2) is 6.95. The van der Waals surface area contributed by atoms with Crippen molar-refractivity contribution in [2.24, 2.45) is 0 Å². The summed E-state index contributed by atoms with van der Waals surface area (Å²) in [5.74, 6) is 0. The Hall–Kier alpha value is -0.500. The van der Waals surface area contributed by atoms with Gasteiger partial charge < -0.3 is 5.32 Å². The molecule has 0 heterocycles. The van der Waals surface area contributed by atoms with Crippen molar-refractivity contribution in [3.05, 3.63) is 46.5 Å². The fourth-order valence-electron chi connectivity index (χ4n) is 1.62. The van der Waals surface area contributed by atoms with Gasteiger partial charge in [-0.15, -0.1) is 6.58 Å². The normalized spacial score (nSPS) is 12.4. The molecule has 1 rings (SSSR count). The van der Waals surface area contributed by atoms with E-state index in [2.05, 4.69) is 18.8 Å². The highest BCUT2D eigenvalue weighted by molar-refractivity contribution is 6.35. The molecule has 16 heavy (non-hydrogen) atoms. The molecule has 0 aliphatic rings. The molecular weight excluding hydrogens is 241 g/mol. The van der Waals surface area contributed by atoms with Crippen LogP contribution >= 0.6 is 23.2 Å². The Labute approximate surface area is 107 Å². The number of rotatable bonds is 6. The lowest BCUT2D eigenvalue weighted by atomic mass is 10.0. The maximum atomic E-state index is 6.17. The molecule has 1 nitrogen and oxygen atoms in total. The van der Waals surface area contributed by atoms with Crippen LogP contribution in [0, 0.1) is 0 Å². The fraction of sp³-hybridized carbons (Fsp3) is 0.385. The molecule has 0 spiro atoms. The lowest BCUT2D eigenvalue weighted by Crippen LogP contribution is -2.21. The van der Waals surface area contributed by atoms with Gasteiger partial charge in [-0.1, -0.05) is 42.3 Å². The summed E-state index contributed by atoms with van der Waals surface area (Å²) in [5, 5.41) is 4.85. The van der Waals surface area contributed by atoms with Gasteiger partial charge in [0.05, 0.1) is 0 Å². The highest BCUT2D eigenvalue weighted by Crippen LogP contribution is 2.27. The minimum atomic E-state index is 0.282. The van der Waals surface area contributed by atoms with Gasteiger partial charge in [0.1, 0.15) is 0 Å². The molecule has 88 valence electrons. The third kappa shape index (κ3) is 3.82. The first-order valence-electron chi connectivity index (χ1n) is 5.48. The summed E-state index contributed by atoms with van der Waals surface area (Å²) in [6.07, 6.45) is 3.86. The summed E-state index contributed by atoms with van der Waals surface area (Å²) in [6.45, 7) is 6.75. The molecule has 0 radical (unpaired) electrons. The molecule has 0 fully saturated rings. The Morgan fingerprint density at radius 1 is 1.44 bits per heavy atom. The van der Waals surface area contributed by atoms with E-state index in [1.807, 2.05) is 18.2 Å². The number of nitrogens with one attached hydrogen (secondary N) is 1. The fourth-order valence-corrected chi connectivity index (χ4v) is 2.16. The maximum absolute atomic E-state index is 6.17. The van der Waals surface area contributed by atoms with E-state index in [9.17, 15) is 0 Å². The predicted molar refractivity (Wildman–Crippen MR) is 72.3 cm³/mol. The van der Waals surface area contributed by atoms with Gasteiger partial charge >= 0.3 is 0 Å². The summed E-state index contributed by atoms with van der Waals surface area (Å²) in [7, 11) is 0. The van der Waals surface area contributed by atoms with Crippen LogP contribution in [0.4, 0.5) is 0 Å². The van der Waals surface area contributed by atoms with Crippen molar-refractivity contribution in [3.8, 4) is 0 Å². The lowest BCUT2D eigenvalue weighted by molar-refractivity contribution is 0.526. The smallest absolute Gasteiger partial charge is 0.0468 e. The predicted octanol–water partition coefficient (Wildman–Crippen LogP) is 4.61. The molecule has 1 unspecified atom stereocenters. The van der Waals surface area contributed by atoms with Gasteiger partial charge in [0, 0.05) is 16.1 Å². The average Bonchev–Trinajstić information content (AvgIpc) is 2.26. The number of benzene rings is 1. The molecule has 1 aromatic carbocycles. The SMILES string of the molecule is C=CCCNC(CC)c1ccc(Cl)cc1Cl. The molecule has 0 aromatic heterocycles. The van der Waals surface area contributed by atoms with Gasteiger partial charge in [0.15, 0.2) is 0 Å². The van der Waals surface area contributed by atoms with Crippen molar-refractivity contribution in [1.82, 2.24) is 5.32 Å². The summed E-state index contributed by atoms with van der Waals surface area (Å²) in [5.41, 5.74) is 1.11. The minimum absolute atomic E-state index is 0.282. The molecule has 0 aliphatic carbocycles. The van der Waals surface area contributed by atoms with Crippen molar-refractivity contribution < 1.29 is 0 Å². The Morgan fingerprint density at radius 2 is 2.19 bits per heavy atom. The molecule has 0 bridgehead atoms. The minimum Gasteiger partial charge on any atom is -0.310 e. The van der Waals surface area contributed by atoms with Gasteiger partial charge in [-0.25, -0.2) is 0 Å². The van der Waals surface area contributed by atoms with Crippen molar-refractivity contribution in [2.75, 3.05) is 6.54 Å². The number of hydrogen-bond acceptors (Lipinski definition) is 1. The molecule has 0 aliphatic heterocycles. The molecule has 1 N–H and O–H groups in total. The van der Waals surface area contributed by atoms with Gasteiger partial charge in [-0.05, 0) is 37.1 Å². The molecule has 0 saturated heterocycles. The van der Waals surface area contributed by atoms with Crippen LogP contribution in [-0.4, -0.2) is 6.54 Å². The molecule has 0 saturated carbocycles. The van der Waals surface area contributed by atoms with Crippen molar-refractivity contribution in [2.45, 2.75) is 25.8 Å². The quantitative estimate of drug-likeness (QED) is 0.580. The van der Waals surface area contributed by atoms with E-state index in [0.29, 0.717) is 5.02 Å². The van der Waals surface area contributed by atoms with Crippen LogP contribution < -0.4 is 5.32 Å². The maximum Gasteiger partial charge on any atom is 0.0468 e. The second-order valence-electron chi connectivity index (χ2n) is 3.66. The van der Waals surface area contributed by atoms with E-state index in [4.69, 9.17) is 23.2 Å². The van der Waals surface area contributed by atoms with E-state index in [1.54, 1.807) is 6.07 Å². The van der Waals surface area contributed by atoms with Crippen LogP contribution in [0.25, 0.3) is 0 Å². The first-order valence-corrected chi connectivity index (χ1v) is 6.23. The molecular formula is C13H17Cl2N. The lowest BCUT2D eigenvalue weighted by Gasteiger charge is -2.18. The van der Waals surface area contributed by atoms with Crippen LogP contribution in [0.1, 0.15) is 31.4 Å². The Kier molecular flexibility index (Phi) is 5.89. The van der Waals surface area contributed by atoms with Crippen LogP contribution in [0.2, 0.25) is 10.0 Å². The first-order chi connectivity index (χ1) is 7.69. The van der Waals surface area contributed by atoms with E-state index in [0.717, 1.165) is 30.0 Å². The Morgan fingerprint density at radius 3 is 2.75 bits per heavy atom.